The predicted octanol–water partition coefficient (Wildman–Crippen LogP) is 14.1. The van der Waals surface area contributed by atoms with Crippen LogP contribution < -0.4 is 9.13 Å². The Morgan fingerprint density at radius 1 is 0.361 bits per heavy atom. The number of fused-ring (bicyclic) bond motifs is 9. The lowest BCUT2D eigenvalue weighted by atomic mass is 9.90. The molecule has 0 amide bonds. The highest BCUT2D eigenvalue weighted by Crippen LogP contribution is 2.51. The summed E-state index contributed by atoms with van der Waals surface area (Å²) in [5, 5.41) is 10.0. The van der Waals surface area contributed by atoms with Gasteiger partial charge in [-0.3, -0.25) is 0 Å². The molecule has 0 saturated heterocycles. The summed E-state index contributed by atoms with van der Waals surface area (Å²) >= 11 is 1.85. The van der Waals surface area contributed by atoms with Crippen molar-refractivity contribution in [2.45, 2.75) is 0 Å². The molecule has 9 aromatic carbocycles. The van der Waals surface area contributed by atoms with E-state index >= 15 is 0 Å². The lowest BCUT2D eigenvalue weighted by Gasteiger charge is -2.14. The van der Waals surface area contributed by atoms with Gasteiger partial charge in [0.2, 0.25) is 11.4 Å². The van der Waals surface area contributed by atoms with Gasteiger partial charge in [0.25, 0.3) is 0 Å². The Kier molecular flexibility index (Phi) is 8.36. The molecular weight excluding hydrogens is 759 g/mol. The van der Waals surface area contributed by atoms with Gasteiger partial charge in [-0.2, -0.15) is 0 Å². The number of aromatic nitrogens is 3. The van der Waals surface area contributed by atoms with Crippen LogP contribution in [0.15, 0.2) is 225 Å². The van der Waals surface area contributed by atoms with Crippen LogP contribution in [0.3, 0.4) is 0 Å². The van der Waals surface area contributed by atoms with E-state index in [0.717, 1.165) is 44.7 Å². The fraction of sp³-hybridized carbons (Fsp3) is 0. The van der Waals surface area contributed by atoms with Crippen molar-refractivity contribution in [2.75, 3.05) is 0 Å². The summed E-state index contributed by atoms with van der Waals surface area (Å²) in [7, 11) is 0. The van der Waals surface area contributed by atoms with Crippen LogP contribution >= 0.6 is 11.3 Å². The molecule has 0 radical (unpaired) electrons. The van der Waals surface area contributed by atoms with E-state index in [1.807, 2.05) is 11.3 Å². The molecule has 0 atom stereocenters. The van der Waals surface area contributed by atoms with E-state index in [1.54, 1.807) is 0 Å². The van der Waals surface area contributed by atoms with E-state index in [4.69, 9.17) is 4.98 Å². The number of hydrogen-bond donors (Lipinski definition) is 0. The Balaban J connectivity index is 1.15. The third-order valence-electron chi connectivity index (χ3n) is 12.0. The standard InChI is InChI=1S/C57H37N3S/c1-4-17-38(18-5-1)55-57-54(50-29-14-15-30-52(50)58-55)53(40-31-32-49-47-27-11-10-25-45(47)46-26-12-13-28-48(46)51(49)34-40)56(61-57)41-20-16-19-39(33-41)42-35-59(43-21-6-2-7-22-43)37-60(36-42)44-23-8-3-9-24-44/h1-37H/q+2. The van der Waals surface area contributed by atoms with Crippen LogP contribution in [0, 0.1) is 0 Å². The Morgan fingerprint density at radius 2 is 0.869 bits per heavy atom. The first-order valence-corrected chi connectivity index (χ1v) is 21.5. The van der Waals surface area contributed by atoms with Crippen molar-refractivity contribution >= 4 is 64.6 Å². The van der Waals surface area contributed by atoms with E-state index in [2.05, 4.69) is 234 Å². The molecule has 0 bridgehead atoms. The van der Waals surface area contributed by atoms with E-state index in [-0.39, 0.29) is 0 Å². The summed E-state index contributed by atoms with van der Waals surface area (Å²) in [5.41, 5.74) is 11.2. The van der Waals surface area contributed by atoms with E-state index < -0.39 is 0 Å². The van der Waals surface area contributed by atoms with Crippen LogP contribution in [0.25, 0.3) is 109 Å². The molecule has 0 N–H and O–H groups in total. The van der Waals surface area contributed by atoms with Crippen molar-refractivity contribution in [3.63, 3.8) is 0 Å². The Bertz CT molecular complexity index is 3540. The summed E-state index contributed by atoms with van der Waals surface area (Å²) in [6.45, 7) is 0. The summed E-state index contributed by atoms with van der Waals surface area (Å²) in [6, 6.07) is 74.3. The Labute approximate surface area is 357 Å². The first-order chi connectivity index (χ1) is 30.2. The van der Waals surface area contributed by atoms with Crippen LogP contribution in [-0.4, -0.2) is 4.98 Å². The monoisotopic (exact) mass is 795 g/mol. The zero-order chi connectivity index (χ0) is 40.3. The zero-order valence-electron chi connectivity index (χ0n) is 33.1. The van der Waals surface area contributed by atoms with E-state index in [0.29, 0.717) is 0 Å². The SMILES string of the molecule is c1ccc(-c2nc3ccccc3c3c(-c4ccc5c6ccccc6c6ccccc6c5c4)c(-c4cccc(-c5c[n+](-c6ccccc6)c[n+](-c6ccccc6)c5)c4)sc23)cc1. The molecule has 0 aliphatic heterocycles. The number of pyridine rings is 1. The number of hydrogen-bond acceptors (Lipinski definition) is 2. The number of para-hydroxylation sites is 3. The molecule has 3 nitrogen and oxygen atoms in total. The number of thiophene rings is 1. The largest absolute Gasteiger partial charge is 0.418 e. The summed E-state index contributed by atoms with van der Waals surface area (Å²) in [6.07, 6.45) is 6.63. The molecule has 0 saturated carbocycles. The molecule has 12 rings (SSSR count). The van der Waals surface area contributed by atoms with Crippen LogP contribution in [-0.2, 0) is 0 Å². The minimum absolute atomic E-state index is 0.991. The second-order valence-electron chi connectivity index (χ2n) is 15.6. The van der Waals surface area contributed by atoms with Crippen molar-refractivity contribution in [3.05, 3.63) is 225 Å². The first-order valence-electron chi connectivity index (χ1n) is 20.7. The van der Waals surface area contributed by atoms with Gasteiger partial charge >= 0.3 is 6.33 Å². The highest BCUT2D eigenvalue weighted by Gasteiger charge is 2.25. The van der Waals surface area contributed by atoms with Gasteiger partial charge in [-0.25, -0.2) is 4.98 Å². The van der Waals surface area contributed by atoms with Crippen molar-refractivity contribution in [2.24, 2.45) is 0 Å². The highest BCUT2D eigenvalue weighted by atomic mass is 32.1. The van der Waals surface area contributed by atoms with Crippen molar-refractivity contribution < 1.29 is 9.13 Å². The Morgan fingerprint density at radius 3 is 1.51 bits per heavy atom. The predicted molar refractivity (Wildman–Crippen MR) is 254 cm³/mol. The smallest absolute Gasteiger partial charge is 0.246 e. The molecule has 0 aliphatic carbocycles. The van der Waals surface area contributed by atoms with Gasteiger partial charge in [0.1, 0.15) is 5.56 Å². The van der Waals surface area contributed by atoms with E-state index in [1.165, 1.54) is 64.0 Å². The number of benzene rings is 9. The fourth-order valence-electron chi connectivity index (χ4n) is 9.15. The third-order valence-corrected chi connectivity index (χ3v) is 13.2. The quantitative estimate of drug-likeness (QED) is 0.121. The second kappa shape index (κ2) is 14.5. The molecular formula is C57H37N3S+2. The van der Waals surface area contributed by atoms with Gasteiger partial charge in [-0.05, 0) is 67.2 Å². The molecule has 0 unspecified atom stereocenters. The molecule has 0 aliphatic rings. The average molecular weight is 796 g/mol. The molecule has 3 heterocycles. The molecule has 4 heteroatoms. The fourth-order valence-corrected chi connectivity index (χ4v) is 10.5. The third kappa shape index (κ3) is 5.99. The summed E-state index contributed by atoms with van der Waals surface area (Å²) in [4.78, 5) is 6.61. The van der Waals surface area contributed by atoms with E-state index in [9.17, 15) is 0 Å². The number of rotatable bonds is 6. The van der Waals surface area contributed by atoms with Crippen molar-refractivity contribution in [1.29, 1.82) is 0 Å². The van der Waals surface area contributed by atoms with Gasteiger partial charge in [0.15, 0.2) is 12.4 Å². The van der Waals surface area contributed by atoms with Crippen molar-refractivity contribution in [3.8, 4) is 55.3 Å². The van der Waals surface area contributed by atoms with Gasteiger partial charge in [0, 0.05) is 51.0 Å². The lowest BCUT2D eigenvalue weighted by Crippen LogP contribution is -2.44. The maximum Gasteiger partial charge on any atom is 0.418 e. The molecule has 0 spiro atoms. The molecule has 12 aromatic rings. The first kappa shape index (κ1) is 35.2. The minimum atomic E-state index is 0.991. The average Bonchev–Trinajstić information content (AvgIpc) is 3.76. The van der Waals surface area contributed by atoms with Gasteiger partial charge in [0.05, 0.1) is 15.9 Å². The van der Waals surface area contributed by atoms with Crippen LogP contribution in [0.5, 0.6) is 0 Å². The highest BCUT2D eigenvalue weighted by molar-refractivity contribution is 7.23. The summed E-state index contributed by atoms with van der Waals surface area (Å²) < 4.78 is 5.62. The van der Waals surface area contributed by atoms with Crippen LogP contribution in [0.2, 0.25) is 0 Å². The Hall–Kier alpha value is -7.79. The maximum absolute atomic E-state index is 5.39. The number of nitrogens with zero attached hydrogens (tertiary/aromatic N) is 3. The summed E-state index contributed by atoms with van der Waals surface area (Å²) in [5.74, 6) is 0. The second-order valence-corrected chi connectivity index (χ2v) is 16.6. The minimum Gasteiger partial charge on any atom is -0.246 e. The van der Waals surface area contributed by atoms with Gasteiger partial charge in [-0.1, -0.05) is 164 Å². The maximum atomic E-state index is 5.39. The van der Waals surface area contributed by atoms with Crippen LogP contribution in [0.4, 0.5) is 0 Å². The topological polar surface area (TPSA) is 20.6 Å². The normalized spacial score (nSPS) is 11.6. The van der Waals surface area contributed by atoms with Crippen molar-refractivity contribution in [1.82, 2.24) is 4.98 Å². The molecule has 61 heavy (non-hydrogen) atoms. The zero-order valence-corrected chi connectivity index (χ0v) is 33.9. The van der Waals surface area contributed by atoms with Crippen LogP contribution in [0.1, 0.15) is 0 Å². The molecule has 0 fully saturated rings. The molecule has 284 valence electrons. The van der Waals surface area contributed by atoms with Gasteiger partial charge in [-0.15, -0.1) is 20.5 Å². The van der Waals surface area contributed by atoms with Gasteiger partial charge < -0.3 is 0 Å². The lowest BCUT2D eigenvalue weighted by molar-refractivity contribution is -0.734. The molecule has 3 aromatic heterocycles.